The van der Waals surface area contributed by atoms with Gasteiger partial charge in [-0.25, -0.2) is 18.2 Å². The second kappa shape index (κ2) is 10.8. The van der Waals surface area contributed by atoms with E-state index in [1.807, 2.05) is 6.92 Å². The minimum atomic E-state index is -3.64. The zero-order valence-electron chi connectivity index (χ0n) is 19.2. The highest BCUT2D eigenvalue weighted by Gasteiger charge is 2.32. The Morgan fingerprint density at radius 2 is 1.80 bits per heavy atom. The molecule has 2 heterocycles. The number of hydrogen-bond acceptors (Lipinski definition) is 6. The van der Waals surface area contributed by atoms with Gasteiger partial charge in [0.1, 0.15) is 23.1 Å². The van der Waals surface area contributed by atoms with E-state index in [1.54, 1.807) is 36.4 Å². The van der Waals surface area contributed by atoms with Crippen molar-refractivity contribution >= 4 is 22.1 Å². The minimum Gasteiger partial charge on any atom is -0.494 e. The van der Waals surface area contributed by atoms with Crippen molar-refractivity contribution in [3.05, 3.63) is 72.2 Å². The third-order valence-corrected chi connectivity index (χ3v) is 7.63. The highest BCUT2D eigenvalue weighted by molar-refractivity contribution is 7.89. The number of nitrogens with one attached hydrogen (secondary N) is 1. The fourth-order valence-corrected chi connectivity index (χ4v) is 5.29. The topological polar surface area (TPSA) is 101 Å². The lowest BCUT2D eigenvalue weighted by molar-refractivity contribution is -0.126. The van der Waals surface area contributed by atoms with Gasteiger partial charge in [-0.05, 0) is 80.4 Å². The van der Waals surface area contributed by atoms with E-state index in [9.17, 15) is 17.6 Å². The summed E-state index contributed by atoms with van der Waals surface area (Å²) in [5, 5.41) is 3.95. The van der Waals surface area contributed by atoms with Crippen LogP contribution < -0.4 is 10.2 Å². The van der Waals surface area contributed by atoms with E-state index >= 15 is 0 Å². The van der Waals surface area contributed by atoms with Gasteiger partial charge in [0.25, 0.3) is 0 Å². The van der Waals surface area contributed by atoms with E-state index < -0.39 is 10.0 Å². The Bertz CT molecular complexity index is 1280. The Hall–Kier alpha value is -3.50. The molecule has 35 heavy (non-hydrogen) atoms. The van der Waals surface area contributed by atoms with Crippen molar-refractivity contribution in [3.63, 3.8) is 0 Å². The second-order valence-electron chi connectivity index (χ2n) is 8.03. The van der Waals surface area contributed by atoms with Crippen molar-refractivity contribution in [2.45, 2.75) is 24.7 Å². The van der Waals surface area contributed by atoms with Gasteiger partial charge >= 0.3 is 0 Å². The Balaban J connectivity index is 1.28. The molecule has 2 aromatic carbocycles. The van der Waals surface area contributed by atoms with Gasteiger partial charge in [-0.3, -0.25) is 4.79 Å². The molecule has 0 aliphatic carbocycles. The number of hydrazone groups is 1. The Kier molecular flexibility index (Phi) is 7.62. The number of benzene rings is 2. The maximum Gasteiger partial charge on any atom is 0.243 e. The molecular formula is C25H26FN3O5S. The monoisotopic (exact) mass is 499 g/mol. The zero-order valence-corrected chi connectivity index (χ0v) is 20.0. The van der Waals surface area contributed by atoms with Gasteiger partial charge in [0.2, 0.25) is 15.9 Å². The average molecular weight is 500 g/mol. The lowest BCUT2D eigenvalue weighted by Gasteiger charge is -2.30. The highest BCUT2D eigenvalue weighted by Crippen LogP contribution is 2.25. The van der Waals surface area contributed by atoms with Crippen LogP contribution in [0.2, 0.25) is 0 Å². The summed E-state index contributed by atoms with van der Waals surface area (Å²) in [6, 6.07) is 15.7. The van der Waals surface area contributed by atoms with Crippen LogP contribution in [0.1, 0.15) is 25.5 Å². The fourth-order valence-electron chi connectivity index (χ4n) is 3.82. The van der Waals surface area contributed by atoms with Gasteiger partial charge in [0, 0.05) is 24.6 Å². The molecule has 0 saturated carbocycles. The summed E-state index contributed by atoms with van der Waals surface area (Å²) in [6.07, 6.45) is 2.18. The number of nitrogens with zero attached hydrogens (tertiary/aromatic N) is 2. The number of furan rings is 1. The summed E-state index contributed by atoms with van der Waals surface area (Å²) < 4.78 is 51.3. The molecule has 4 rings (SSSR count). The minimum absolute atomic E-state index is 0.201. The SMILES string of the molecule is CCOc1ccc(S(=O)(=O)N2CCC(C(=O)N/N=C\c3ccc(-c4ccc(F)cc4)o3)CC2)cc1. The van der Waals surface area contributed by atoms with E-state index in [4.69, 9.17) is 9.15 Å². The number of halogens is 1. The van der Waals surface area contributed by atoms with Crippen LogP contribution in [0.3, 0.4) is 0 Å². The molecule has 0 atom stereocenters. The summed E-state index contributed by atoms with van der Waals surface area (Å²) in [7, 11) is -3.64. The van der Waals surface area contributed by atoms with Crippen LogP contribution in [-0.4, -0.2) is 44.5 Å². The van der Waals surface area contributed by atoms with Crippen molar-refractivity contribution in [2.24, 2.45) is 11.0 Å². The lowest BCUT2D eigenvalue weighted by atomic mass is 9.98. The molecule has 3 aromatic rings. The van der Waals surface area contributed by atoms with Crippen molar-refractivity contribution in [3.8, 4) is 17.1 Å². The molecule has 1 aromatic heterocycles. The van der Waals surface area contributed by atoms with Crippen molar-refractivity contribution in [2.75, 3.05) is 19.7 Å². The summed E-state index contributed by atoms with van der Waals surface area (Å²) >= 11 is 0. The molecule has 0 unspecified atom stereocenters. The molecule has 0 radical (unpaired) electrons. The first-order chi connectivity index (χ1) is 16.9. The Morgan fingerprint density at radius 1 is 1.11 bits per heavy atom. The van der Waals surface area contributed by atoms with E-state index in [1.165, 1.54) is 34.8 Å². The first-order valence-electron chi connectivity index (χ1n) is 11.3. The molecule has 1 N–H and O–H groups in total. The molecule has 1 aliphatic heterocycles. The maximum absolute atomic E-state index is 13.1. The van der Waals surface area contributed by atoms with Crippen LogP contribution >= 0.6 is 0 Å². The lowest BCUT2D eigenvalue weighted by Crippen LogP contribution is -2.42. The number of carbonyl (C=O) groups is 1. The summed E-state index contributed by atoms with van der Waals surface area (Å²) in [4.78, 5) is 12.7. The third kappa shape index (κ3) is 5.95. The molecule has 0 bridgehead atoms. The van der Waals surface area contributed by atoms with Gasteiger partial charge in [0.15, 0.2) is 0 Å². The Labute approximate surface area is 203 Å². The third-order valence-electron chi connectivity index (χ3n) is 5.72. The number of ether oxygens (including phenoxy) is 1. The van der Waals surface area contributed by atoms with Crippen LogP contribution in [0.25, 0.3) is 11.3 Å². The average Bonchev–Trinajstić information content (AvgIpc) is 3.34. The molecule has 10 heteroatoms. The predicted molar refractivity (Wildman–Crippen MR) is 129 cm³/mol. The van der Waals surface area contributed by atoms with Crippen LogP contribution in [0, 0.1) is 11.7 Å². The molecule has 0 spiro atoms. The molecule has 184 valence electrons. The molecule has 1 amide bonds. The smallest absolute Gasteiger partial charge is 0.243 e. The number of sulfonamides is 1. The van der Waals surface area contributed by atoms with Gasteiger partial charge in [-0.2, -0.15) is 9.41 Å². The largest absolute Gasteiger partial charge is 0.494 e. The number of amides is 1. The first kappa shape index (κ1) is 24.6. The van der Waals surface area contributed by atoms with E-state index in [0.29, 0.717) is 36.7 Å². The van der Waals surface area contributed by atoms with Crippen LogP contribution in [0.4, 0.5) is 4.39 Å². The first-order valence-corrected chi connectivity index (χ1v) is 12.7. The quantitative estimate of drug-likeness (QED) is 0.372. The van der Waals surface area contributed by atoms with Gasteiger partial charge in [-0.1, -0.05) is 0 Å². The second-order valence-corrected chi connectivity index (χ2v) is 9.96. The number of piperidine rings is 1. The van der Waals surface area contributed by atoms with Crippen molar-refractivity contribution in [1.29, 1.82) is 0 Å². The van der Waals surface area contributed by atoms with Gasteiger partial charge in [-0.15, -0.1) is 0 Å². The molecule has 1 aliphatic rings. The van der Waals surface area contributed by atoms with E-state index in [-0.39, 0.29) is 35.6 Å². The molecule has 1 fully saturated rings. The van der Waals surface area contributed by atoms with E-state index in [2.05, 4.69) is 10.5 Å². The summed E-state index contributed by atoms with van der Waals surface area (Å²) in [6.45, 7) is 2.86. The molecular weight excluding hydrogens is 473 g/mol. The predicted octanol–water partition coefficient (Wildman–Crippen LogP) is 4.04. The number of rotatable bonds is 8. The fraction of sp³-hybridized carbons (Fsp3) is 0.280. The van der Waals surface area contributed by atoms with Crippen LogP contribution in [0.15, 0.2) is 75.1 Å². The van der Waals surface area contributed by atoms with E-state index in [0.717, 1.165) is 5.56 Å². The van der Waals surface area contributed by atoms with Gasteiger partial charge in [0.05, 0.1) is 17.7 Å². The number of carbonyl (C=O) groups excluding carboxylic acids is 1. The molecule has 8 nitrogen and oxygen atoms in total. The summed E-state index contributed by atoms with van der Waals surface area (Å²) in [5.74, 6) is 0.655. The highest BCUT2D eigenvalue weighted by atomic mass is 32.2. The maximum atomic E-state index is 13.1. The van der Waals surface area contributed by atoms with Crippen LogP contribution in [0.5, 0.6) is 5.75 Å². The zero-order chi connectivity index (χ0) is 24.8. The summed E-state index contributed by atoms with van der Waals surface area (Å²) in [5.41, 5.74) is 3.22. The van der Waals surface area contributed by atoms with Crippen molar-refractivity contribution in [1.82, 2.24) is 9.73 Å². The molecule has 1 saturated heterocycles. The van der Waals surface area contributed by atoms with Crippen LogP contribution in [-0.2, 0) is 14.8 Å². The number of hydrogen-bond donors (Lipinski definition) is 1. The Morgan fingerprint density at radius 3 is 2.46 bits per heavy atom. The normalized spacial score (nSPS) is 15.4. The van der Waals surface area contributed by atoms with Crippen molar-refractivity contribution < 1.29 is 26.8 Å². The standard InChI is InChI=1S/C25H26FN3O5S/c1-2-33-21-7-10-23(11-8-21)35(31,32)29-15-13-19(14-16-29)25(30)28-27-17-22-9-12-24(34-22)18-3-5-20(26)6-4-18/h3-12,17,19H,2,13-16H2,1H3,(H,28,30)/b27-17-. The van der Waals surface area contributed by atoms with Gasteiger partial charge < -0.3 is 9.15 Å².